The number of rotatable bonds is 5. The van der Waals surface area contributed by atoms with Crippen molar-refractivity contribution < 1.29 is 4.39 Å². The minimum Gasteiger partial charge on any atom is -0.355 e. The zero-order chi connectivity index (χ0) is 12.3. The Kier molecular flexibility index (Phi) is 3.58. The molecule has 4 nitrogen and oxygen atoms in total. The zero-order valence-electron chi connectivity index (χ0n) is 10.0. The van der Waals surface area contributed by atoms with Crippen LogP contribution < -0.4 is 10.6 Å². The van der Waals surface area contributed by atoms with Crippen molar-refractivity contribution in [3.63, 3.8) is 0 Å². The molecule has 0 bridgehead atoms. The third-order valence-electron chi connectivity index (χ3n) is 2.41. The Morgan fingerprint density at radius 2 is 2.18 bits per heavy atom. The summed E-state index contributed by atoms with van der Waals surface area (Å²) in [4.78, 5) is 7.34. The van der Waals surface area contributed by atoms with Crippen LogP contribution in [0.2, 0.25) is 0 Å². The number of nitrogens with zero attached hydrogens (tertiary/aromatic N) is 1. The molecule has 17 heavy (non-hydrogen) atoms. The van der Waals surface area contributed by atoms with Gasteiger partial charge in [0.25, 0.3) is 0 Å². The van der Waals surface area contributed by atoms with Crippen molar-refractivity contribution in [1.82, 2.24) is 15.3 Å². The van der Waals surface area contributed by atoms with E-state index in [1.54, 1.807) is 6.07 Å². The molecule has 0 radical (unpaired) electrons. The Labute approximate surface area is 99.6 Å². The maximum Gasteiger partial charge on any atom is 0.201 e. The van der Waals surface area contributed by atoms with Crippen molar-refractivity contribution in [2.45, 2.75) is 19.9 Å². The molecule has 5 heteroatoms. The van der Waals surface area contributed by atoms with Crippen LogP contribution in [0.25, 0.3) is 11.0 Å². The van der Waals surface area contributed by atoms with Gasteiger partial charge in [-0.15, -0.1) is 0 Å². The number of aromatic nitrogens is 2. The van der Waals surface area contributed by atoms with Crippen molar-refractivity contribution in [3.05, 3.63) is 24.0 Å². The number of hydrogen-bond donors (Lipinski definition) is 3. The predicted octanol–water partition coefficient (Wildman–Crippen LogP) is 2.11. The molecule has 1 aromatic carbocycles. The highest BCUT2D eigenvalue weighted by molar-refractivity contribution is 5.77. The van der Waals surface area contributed by atoms with E-state index in [0.717, 1.165) is 18.6 Å². The smallest absolute Gasteiger partial charge is 0.201 e. The van der Waals surface area contributed by atoms with Crippen molar-refractivity contribution in [1.29, 1.82) is 0 Å². The summed E-state index contributed by atoms with van der Waals surface area (Å²) in [6.45, 7) is 5.84. The van der Waals surface area contributed by atoms with Gasteiger partial charge in [-0.3, -0.25) is 0 Å². The van der Waals surface area contributed by atoms with E-state index in [-0.39, 0.29) is 5.82 Å². The average Bonchev–Trinajstić information content (AvgIpc) is 2.66. The van der Waals surface area contributed by atoms with Crippen LogP contribution in [0.5, 0.6) is 0 Å². The van der Waals surface area contributed by atoms with E-state index in [9.17, 15) is 4.39 Å². The molecule has 2 aromatic rings. The van der Waals surface area contributed by atoms with Gasteiger partial charge < -0.3 is 15.6 Å². The number of anilines is 1. The SMILES string of the molecule is CC(C)NCCNc1nc2ccc(F)cc2[nH]1. The topological polar surface area (TPSA) is 52.7 Å². The summed E-state index contributed by atoms with van der Waals surface area (Å²) in [5, 5.41) is 6.45. The normalized spacial score (nSPS) is 11.3. The molecule has 0 saturated carbocycles. The van der Waals surface area contributed by atoms with Crippen LogP contribution in [0, 0.1) is 5.82 Å². The first-order valence-corrected chi connectivity index (χ1v) is 5.77. The number of halogens is 1. The van der Waals surface area contributed by atoms with E-state index in [2.05, 4.69) is 34.4 Å². The summed E-state index contributed by atoms with van der Waals surface area (Å²) in [6.07, 6.45) is 0. The number of imidazole rings is 1. The molecule has 1 aromatic heterocycles. The molecule has 92 valence electrons. The monoisotopic (exact) mass is 236 g/mol. The van der Waals surface area contributed by atoms with Gasteiger partial charge in [0.1, 0.15) is 5.82 Å². The molecular formula is C12H17FN4. The lowest BCUT2D eigenvalue weighted by Gasteiger charge is -2.07. The van der Waals surface area contributed by atoms with Crippen LogP contribution >= 0.6 is 0 Å². The number of H-pyrrole nitrogens is 1. The molecule has 2 rings (SSSR count). The predicted molar refractivity (Wildman–Crippen MR) is 67.7 cm³/mol. The second kappa shape index (κ2) is 5.14. The fourth-order valence-electron chi connectivity index (χ4n) is 1.61. The van der Waals surface area contributed by atoms with Crippen molar-refractivity contribution in [2.75, 3.05) is 18.4 Å². The van der Waals surface area contributed by atoms with E-state index < -0.39 is 0 Å². The highest BCUT2D eigenvalue weighted by Gasteiger charge is 2.02. The summed E-state index contributed by atoms with van der Waals surface area (Å²) < 4.78 is 13.0. The maximum absolute atomic E-state index is 13.0. The molecule has 0 fully saturated rings. The van der Waals surface area contributed by atoms with Crippen LogP contribution in [0.3, 0.4) is 0 Å². The van der Waals surface area contributed by atoms with Gasteiger partial charge in [0, 0.05) is 19.1 Å². The first-order valence-electron chi connectivity index (χ1n) is 5.77. The van der Waals surface area contributed by atoms with E-state index in [1.807, 2.05) is 0 Å². The molecule has 0 aliphatic rings. The first kappa shape index (κ1) is 11.9. The van der Waals surface area contributed by atoms with Gasteiger partial charge in [-0.05, 0) is 18.2 Å². The lowest BCUT2D eigenvalue weighted by atomic mass is 10.3. The Balaban J connectivity index is 1.95. The molecule has 0 saturated heterocycles. The lowest BCUT2D eigenvalue weighted by Crippen LogP contribution is -2.28. The number of nitrogens with one attached hydrogen (secondary N) is 3. The van der Waals surface area contributed by atoms with Crippen LogP contribution in [0.4, 0.5) is 10.3 Å². The summed E-state index contributed by atoms with van der Waals surface area (Å²) in [5.41, 5.74) is 1.48. The second-order valence-corrected chi connectivity index (χ2v) is 4.28. The fourth-order valence-corrected chi connectivity index (χ4v) is 1.61. The van der Waals surface area contributed by atoms with E-state index >= 15 is 0 Å². The number of hydrogen-bond acceptors (Lipinski definition) is 3. The minimum absolute atomic E-state index is 0.255. The maximum atomic E-state index is 13.0. The number of fused-ring (bicyclic) bond motifs is 1. The molecule has 0 aliphatic carbocycles. The van der Waals surface area contributed by atoms with Crippen molar-refractivity contribution in [3.8, 4) is 0 Å². The van der Waals surface area contributed by atoms with Crippen LogP contribution in [-0.2, 0) is 0 Å². The van der Waals surface area contributed by atoms with Gasteiger partial charge in [0.2, 0.25) is 5.95 Å². The summed E-state index contributed by atoms with van der Waals surface area (Å²) in [6, 6.07) is 4.99. The fraction of sp³-hybridized carbons (Fsp3) is 0.417. The molecule has 0 spiro atoms. The Bertz CT molecular complexity index is 492. The van der Waals surface area contributed by atoms with Crippen LogP contribution in [0.15, 0.2) is 18.2 Å². The summed E-state index contributed by atoms with van der Waals surface area (Å²) in [5.74, 6) is 0.422. The van der Waals surface area contributed by atoms with Gasteiger partial charge in [-0.1, -0.05) is 13.8 Å². The largest absolute Gasteiger partial charge is 0.355 e. The van der Waals surface area contributed by atoms with Crippen molar-refractivity contribution >= 4 is 17.0 Å². The standard InChI is InChI=1S/C12H17FN4/c1-8(2)14-5-6-15-12-16-10-4-3-9(13)7-11(10)17-12/h3-4,7-8,14H,5-6H2,1-2H3,(H2,15,16,17). The molecule has 0 unspecified atom stereocenters. The molecule has 0 aliphatic heterocycles. The van der Waals surface area contributed by atoms with E-state index in [0.29, 0.717) is 17.5 Å². The van der Waals surface area contributed by atoms with Gasteiger partial charge in [-0.2, -0.15) is 0 Å². The van der Waals surface area contributed by atoms with Gasteiger partial charge in [0.05, 0.1) is 11.0 Å². The lowest BCUT2D eigenvalue weighted by molar-refractivity contribution is 0.601. The second-order valence-electron chi connectivity index (χ2n) is 4.28. The Morgan fingerprint density at radius 3 is 2.94 bits per heavy atom. The van der Waals surface area contributed by atoms with Crippen LogP contribution in [0.1, 0.15) is 13.8 Å². The molecule has 3 N–H and O–H groups in total. The van der Waals surface area contributed by atoms with Crippen LogP contribution in [-0.4, -0.2) is 29.1 Å². The van der Waals surface area contributed by atoms with Gasteiger partial charge in [-0.25, -0.2) is 9.37 Å². The highest BCUT2D eigenvalue weighted by Crippen LogP contribution is 2.14. The summed E-state index contributed by atoms with van der Waals surface area (Å²) in [7, 11) is 0. The zero-order valence-corrected chi connectivity index (χ0v) is 10.0. The highest BCUT2D eigenvalue weighted by atomic mass is 19.1. The number of benzene rings is 1. The first-order chi connectivity index (χ1) is 8.15. The van der Waals surface area contributed by atoms with E-state index in [1.165, 1.54) is 12.1 Å². The number of aromatic amines is 1. The average molecular weight is 236 g/mol. The third kappa shape index (κ3) is 3.17. The van der Waals surface area contributed by atoms with Crippen molar-refractivity contribution in [2.24, 2.45) is 0 Å². The Hall–Kier alpha value is -1.62. The van der Waals surface area contributed by atoms with Gasteiger partial charge in [0.15, 0.2) is 0 Å². The summed E-state index contributed by atoms with van der Waals surface area (Å²) >= 11 is 0. The molecule has 0 atom stereocenters. The quantitative estimate of drug-likeness (QED) is 0.697. The molecular weight excluding hydrogens is 219 g/mol. The molecule has 0 amide bonds. The van der Waals surface area contributed by atoms with E-state index in [4.69, 9.17) is 0 Å². The Morgan fingerprint density at radius 1 is 1.35 bits per heavy atom. The molecule has 1 heterocycles. The van der Waals surface area contributed by atoms with Gasteiger partial charge >= 0.3 is 0 Å². The third-order valence-corrected chi connectivity index (χ3v) is 2.41. The minimum atomic E-state index is -0.255.